The third kappa shape index (κ3) is 2.88. The van der Waals surface area contributed by atoms with Crippen LogP contribution in [-0.4, -0.2) is 27.8 Å². The highest BCUT2D eigenvalue weighted by Crippen LogP contribution is 2.44. The third-order valence-corrected chi connectivity index (χ3v) is 4.25. The smallest absolute Gasteiger partial charge is 0.321 e. The number of primary amides is 1. The van der Waals surface area contributed by atoms with Gasteiger partial charge in [-0.25, -0.2) is 9.78 Å². The van der Waals surface area contributed by atoms with E-state index in [1.807, 2.05) is 0 Å². The van der Waals surface area contributed by atoms with Crippen LogP contribution in [0.3, 0.4) is 0 Å². The lowest BCUT2D eigenvalue weighted by Crippen LogP contribution is -2.56. The van der Waals surface area contributed by atoms with Crippen LogP contribution in [0.4, 0.5) is 10.6 Å². The first-order valence-corrected chi connectivity index (χ1v) is 7.76. The van der Waals surface area contributed by atoms with E-state index in [-0.39, 0.29) is 0 Å². The van der Waals surface area contributed by atoms with Crippen molar-refractivity contribution in [3.05, 3.63) is 53.7 Å². The van der Waals surface area contributed by atoms with Gasteiger partial charge >= 0.3 is 6.03 Å². The molecular formula is C18H18N4O3. The summed E-state index contributed by atoms with van der Waals surface area (Å²) < 4.78 is 5.87. The van der Waals surface area contributed by atoms with Gasteiger partial charge in [-0.3, -0.25) is 4.90 Å². The zero-order valence-electron chi connectivity index (χ0n) is 13.9. The van der Waals surface area contributed by atoms with E-state index in [9.17, 15) is 15.2 Å². The Balaban J connectivity index is 2.21. The molecule has 2 aromatic rings. The number of ether oxygens (including phenoxy) is 1. The first-order chi connectivity index (χ1) is 11.8. The molecule has 0 radical (unpaired) electrons. The summed E-state index contributed by atoms with van der Waals surface area (Å²) in [5.41, 5.74) is 5.55. The van der Waals surface area contributed by atoms with Gasteiger partial charge in [-0.2, -0.15) is 5.26 Å². The minimum Gasteiger partial charge on any atom is -0.485 e. The third-order valence-electron chi connectivity index (χ3n) is 4.25. The van der Waals surface area contributed by atoms with Crippen LogP contribution in [0.2, 0.25) is 0 Å². The van der Waals surface area contributed by atoms with Crippen LogP contribution in [0.1, 0.15) is 31.0 Å². The minimum absolute atomic E-state index is 0.310. The van der Waals surface area contributed by atoms with Gasteiger partial charge in [0.25, 0.3) is 0 Å². The van der Waals surface area contributed by atoms with E-state index >= 15 is 0 Å². The SMILES string of the molecule is CC1(C)Oc2ccc(C#N)cc2[C@H](N(C(N)=O)c2ccccn2)[C@H]1O. The molecule has 0 unspecified atom stereocenters. The molecule has 25 heavy (non-hydrogen) atoms. The predicted octanol–water partition coefficient (Wildman–Crippen LogP) is 2.11. The summed E-state index contributed by atoms with van der Waals surface area (Å²) in [4.78, 5) is 17.6. The Morgan fingerprint density at radius 3 is 2.76 bits per heavy atom. The molecule has 3 rings (SSSR count). The minimum atomic E-state index is -1.08. The summed E-state index contributed by atoms with van der Waals surface area (Å²) in [5.74, 6) is 0.798. The van der Waals surface area contributed by atoms with Crippen molar-refractivity contribution in [1.29, 1.82) is 5.26 Å². The average Bonchev–Trinajstić information content (AvgIpc) is 2.59. The fourth-order valence-electron chi connectivity index (χ4n) is 3.01. The quantitative estimate of drug-likeness (QED) is 0.871. The summed E-state index contributed by atoms with van der Waals surface area (Å²) in [7, 11) is 0. The number of benzene rings is 1. The Kier molecular flexibility index (Phi) is 4.07. The van der Waals surface area contributed by atoms with Crippen molar-refractivity contribution in [1.82, 2.24) is 4.98 Å². The number of aliphatic hydroxyl groups is 1. The second-order valence-corrected chi connectivity index (χ2v) is 6.36. The number of rotatable bonds is 2. The normalized spacial score (nSPS) is 20.7. The molecule has 1 aliphatic rings. The molecule has 0 saturated heterocycles. The number of urea groups is 1. The maximum absolute atomic E-state index is 12.2. The van der Waals surface area contributed by atoms with Crippen LogP contribution in [0.25, 0.3) is 0 Å². The molecule has 2 heterocycles. The summed E-state index contributed by atoms with van der Waals surface area (Å²) in [6, 6.07) is 10.4. The van der Waals surface area contributed by atoms with E-state index in [1.165, 1.54) is 11.1 Å². The fourth-order valence-corrected chi connectivity index (χ4v) is 3.01. The number of carbonyl (C=O) groups excluding carboxylic acids is 1. The van der Waals surface area contributed by atoms with E-state index in [0.29, 0.717) is 22.7 Å². The summed E-state index contributed by atoms with van der Waals surface area (Å²) in [5, 5.41) is 20.1. The highest BCUT2D eigenvalue weighted by molar-refractivity contribution is 5.91. The number of pyridine rings is 1. The Labute approximate surface area is 145 Å². The molecule has 128 valence electrons. The molecule has 7 heteroatoms. The molecule has 0 saturated carbocycles. The molecular weight excluding hydrogens is 320 g/mol. The molecule has 0 spiro atoms. The van der Waals surface area contributed by atoms with E-state index < -0.39 is 23.8 Å². The van der Waals surface area contributed by atoms with Gasteiger partial charge in [0.2, 0.25) is 0 Å². The van der Waals surface area contributed by atoms with Crippen LogP contribution in [-0.2, 0) is 0 Å². The molecule has 1 aromatic heterocycles. The average molecular weight is 338 g/mol. The Bertz CT molecular complexity index is 845. The number of aromatic nitrogens is 1. The Morgan fingerprint density at radius 2 is 2.16 bits per heavy atom. The topological polar surface area (TPSA) is 112 Å². The highest BCUT2D eigenvalue weighted by Gasteiger charge is 2.47. The number of nitriles is 1. The molecule has 2 atom stereocenters. The van der Waals surface area contributed by atoms with Crippen molar-refractivity contribution in [2.75, 3.05) is 4.90 Å². The zero-order valence-corrected chi connectivity index (χ0v) is 13.9. The van der Waals surface area contributed by atoms with Gasteiger partial charge in [-0.15, -0.1) is 0 Å². The van der Waals surface area contributed by atoms with Crippen molar-refractivity contribution in [2.24, 2.45) is 5.73 Å². The van der Waals surface area contributed by atoms with Crippen LogP contribution in [0.15, 0.2) is 42.6 Å². The predicted molar refractivity (Wildman–Crippen MR) is 90.9 cm³/mol. The van der Waals surface area contributed by atoms with Gasteiger partial charge in [0.15, 0.2) is 0 Å². The van der Waals surface area contributed by atoms with E-state index in [2.05, 4.69) is 11.1 Å². The summed E-state index contributed by atoms with van der Waals surface area (Å²) in [6.45, 7) is 3.45. The number of nitrogens with two attached hydrogens (primary N) is 1. The standard InChI is InChI=1S/C18H18N4O3/c1-18(2)16(23)15(12-9-11(10-19)6-7-13(12)25-18)22(17(20)24)14-5-3-4-8-21-14/h3-9,15-16,23H,1-2H3,(H2,20,24)/t15-,16+/m0/s1. The number of amides is 2. The second kappa shape index (κ2) is 6.07. The monoisotopic (exact) mass is 338 g/mol. The molecule has 2 amide bonds. The van der Waals surface area contributed by atoms with E-state index in [4.69, 9.17) is 10.5 Å². The summed E-state index contributed by atoms with van der Waals surface area (Å²) in [6.07, 6.45) is 0.456. The van der Waals surface area contributed by atoms with Gasteiger partial charge in [-0.1, -0.05) is 6.07 Å². The second-order valence-electron chi connectivity index (χ2n) is 6.36. The van der Waals surface area contributed by atoms with Gasteiger partial charge in [0.05, 0.1) is 17.7 Å². The molecule has 0 aliphatic carbocycles. The first-order valence-electron chi connectivity index (χ1n) is 7.76. The number of aliphatic hydroxyl groups excluding tert-OH is 1. The largest absolute Gasteiger partial charge is 0.485 e. The van der Waals surface area contributed by atoms with Crippen molar-refractivity contribution in [3.8, 4) is 11.8 Å². The number of anilines is 1. The van der Waals surface area contributed by atoms with Gasteiger partial charge in [0, 0.05) is 11.8 Å². The van der Waals surface area contributed by atoms with Crippen molar-refractivity contribution in [3.63, 3.8) is 0 Å². The molecule has 3 N–H and O–H groups in total. The Hall–Kier alpha value is -3.11. The Morgan fingerprint density at radius 1 is 1.40 bits per heavy atom. The first kappa shape index (κ1) is 16.7. The number of carbonyl (C=O) groups is 1. The number of fused-ring (bicyclic) bond motifs is 1. The zero-order chi connectivity index (χ0) is 18.2. The maximum atomic E-state index is 12.2. The molecule has 1 aliphatic heterocycles. The van der Waals surface area contributed by atoms with Crippen LogP contribution in [0, 0.1) is 11.3 Å². The highest BCUT2D eigenvalue weighted by atomic mass is 16.5. The number of hydrogen-bond donors (Lipinski definition) is 2. The van der Waals surface area contributed by atoms with Gasteiger partial charge in [0.1, 0.15) is 23.3 Å². The van der Waals surface area contributed by atoms with Crippen molar-refractivity contribution < 1.29 is 14.6 Å². The lowest BCUT2D eigenvalue weighted by atomic mass is 9.85. The number of nitrogens with zero attached hydrogens (tertiary/aromatic N) is 3. The van der Waals surface area contributed by atoms with Crippen LogP contribution < -0.4 is 15.4 Å². The maximum Gasteiger partial charge on any atom is 0.321 e. The number of hydrogen-bond acceptors (Lipinski definition) is 5. The van der Waals surface area contributed by atoms with Crippen LogP contribution in [0.5, 0.6) is 5.75 Å². The lowest BCUT2D eigenvalue weighted by Gasteiger charge is -2.45. The van der Waals surface area contributed by atoms with Gasteiger partial charge < -0.3 is 15.6 Å². The molecule has 0 bridgehead atoms. The van der Waals surface area contributed by atoms with Crippen molar-refractivity contribution >= 4 is 11.8 Å². The molecule has 7 nitrogen and oxygen atoms in total. The van der Waals surface area contributed by atoms with Gasteiger partial charge in [-0.05, 0) is 44.2 Å². The lowest BCUT2D eigenvalue weighted by molar-refractivity contribution is -0.0572. The summed E-state index contributed by atoms with van der Waals surface area (Å²) >= 11 is 0. The molecule has 1 aromatic carbocycles. The molecule has 0 fully saturated rings. The van der Waals surface area contributed by atoms with Crippen LogP contribution >= 0.6 is 0 Å². The van der Waals surface area contributed by atoms with E-state index in [1.54, 1.807) is 50.2 Å². The fraction of sp³-hybridized carbons (Fsp3) is 0.278. The van der Waals surface area contributed by atoms with E-state index in [0.717, 1.165) is 0 Å². The van der Waals surface area contributed by atoms with Crippen molar-refractivity contribution in [2.45, 2.75) is 31.6 Å².